The van der Waals surface area contributed by atoms with Gasteiger partial charge in [-0.2, -0.15) is 0 Å². The van der Waals surface area contributed by atoms with Crippen LogP contribution in [-0.2, 0) is 0 Å². The second-order valence-electron chi connectivity index (χ2n) is 6.54. The molecule has 0 bridgehead atoms. The van der Waals surface area contributed by atoms with E-state index in [1.807, 2.05) is 18.2 Å². The van der Waals surface area contributed by atoms with Gasteiger partial charge < -0.3 is 10.6 Å². The fourth-order valence-corrected chi connectivity index (χ4v) is 3.05. The maximum atomic E-state index is 12.2. The number of hydrogen-bond donors (Lipinski definition) is 2. The molecule has 0 saturated heterocycles. The molecular weight excluding hydrogens is 310 g/mol. The number of carbonyl (C=O) groups excluding carboxylic acids is 1. The number of allylic oxidation sites excluding steroid dienone is 1. The molecule has 0 radical (unpaired) electrons. The number of pyridine rings is 1. The Labute approximate surface area is 149 Å². The van der Waals surface area contributed by atoms with Crippen molar-refractivity contribution in [2.45, 2.75) is 39.0 Å². The van der Waals surface area contributed by atoms with Crippen LogP contribution in [0.2, 0.25) is 0 Å². The Morgan fingerprint density at radius 2 is 2.08 bits per heavy atom. The van der Waals surface area contributed by atoms with Crippen molar-refractivity contribution in [1.29, 1.82) is 0 Å². The van der Waals surface area contributed by atoms with E-state index in [1.165, 1.54) is 36.8 Å². The molecule has 1 aliphatic rings. The minimum absolute atomic E-state index is 0.112. The summed E-state index contributed by atoms with van der Waals surface area (Å²) in [7, 11) is 0. The van der Waals surface area contributed by atoms with Crippen molar-refractivity contribution >= 4 is 17.3 Å². The van der Waals surface area contributed by atoms with Crippen LogP contribution in [0.4, 0.5) is 11.4 Å². The highest BCUT2D eigenvalue weighted by atomic mass is 16.1. The Morgan fingerprint density at radius 3 is 2.80 bits per heavy atom. The summed E-state index contributed by atoms with van der Waals surface area (Å²) < 4.78 is 0. The van der Waals surface area contributed by atoms with Crippen molar-refractivity contribution in [1.82, 2.24) is 10.3 Å². The lowest BCUT2D eigenvalue weighted by atomic mass is 9.97. The molecule has 0 atom stereocenters. The van der Waals surface area contributed by atoms with Crippen LogP contribution in [0.1, 0.15) is 48.2 Å². The Morgan fingerprint density at radius 1 is 1.16 bits per heavy atom. The standard InChI is InChI=1S/C21H25N3O/c1-16-6-5-9-18(14-16)24-19-10-11-20(23-15-19)21(25)22-13-12-17-7-3-2-4-8-17/h5-7,9-11,14-15,24H,2-4,8,12-13H2,1H3,(H,22,25). The van der Waals surface area contributed by atoms with Crippen molar-refractivity contribution in [3.05, 3.63) is 65.5 Å². The zero-order valence-corrected chi connectivity index (χ0v) is 14.7. The number of nitrogens with one attached hydrogen (secondary N) is 2. The number of aryl methyl sites for hydroxylation is 1. The van der Waals surface area contributed by atoms with Gasteiger partial charge in [-0.05, 0) is 68.9 Å². The highest BCUT2D eigenvalue weighted by Gasteiger charge is 2.08. The first-order valence-electron chi connectivity index (χ1n) is 8.96. The molecule has 0 spiro atoms. The molecule has 0 unspecified atom stereocenters. The first kappa shape index (κ1) is 17.2. The van der Waals surface area contributed by atoms with Gasteiger partial charge in [0.2, 0.25) is 0 Å². The quantitative estimate of drug-likeness (QED) is 0.749. The average Bonchev–Trinajstić information content (AvgIpc) is 2.63. The van der Waals surface area contributed by atoms with Gasteiger partial charge in [0, 0.05) is 12.2 Å². The number of hydrogen-bond acceptors (Lipinski definition) is 3. The molecule has 3 rings (SSSR count). The number of anilines is 2. The van der Waals surface area contributed by atoms with Crippen molar-refractivity contribution in [3.8, 4) is 0 Å². The average molecular weight is 335 g/mol. The lowest BCUT2D eigenvalue weighted by molar-refractivity contribution is 0.0949. The highest BCUT2D eigenvalue weighted by Crippen LogP contribution is 2.19. The van der Waals surface area contributed by atoms with E-state index in [0.29, 0.717) is 12.2 Å². The fourth-order valence-electron chi connectivity index (χ4n) is 3.05. The van der Waals surface area contributed by atoms with Gasteiger partial charge in [-0.25, -0.2) is 4.98 Å². The predicted molar refractivity (Wildman–Crippen MR) is 102 cm³/mol. The summed E-state index contributed by atoms with van der Waals surface area (Å²) in [5.41, 5.74) is 5.00. The molecule has 2 N–H and O–H groups in total. The van der Waals surface area contributed by atoms with E-state index in [2.05, 4.69) is 40.8 Å². The molecule has 0 fully saturated rings. The Hall–Kier alpha value is -2.62. The third-order valence-corrected chi connectivity index (χ3v) is 4.42. The third kappa shape index (κ3) is 5.18. The molecule has 1 aromatic carbocycles. The van der Waals surface area contributed by atoms with E-state index in [1.54, 1.807) is 12.3 Å². The largest absolute Gasteiger partial charge is 0.354 e. The summed E-state index contributed by atoms with van der Waals surface area (Å²) in [6.45, 7) is 2.73. The van der Waals surface area contributed by atoms with Crippen molar-refractivity contribution in [3.63, 3.8) is 0 Å². The van der Waals surface area contributed by atoms with Gasteiger partial charge in [-0.1, -0.05) is 23.8 Å². The molecule has 1 aliphatic carbocycles. The molecule has 4 heteroatoms. The summed E-state index contributed by atoms with van der Waals surface area (Å²) in [5.74, 6) is -0.112. The Bertz CT molecular complexity index is 750. The van der Waals surface area contributed by atoms with E-state index in [-0.39, 0.29) is 5.91 Å². The van der Waals surface area contributed by atoms with Crippen molar-refractivity contribution < 1.29 is 4.79 Å². The second-order valence-corrected chi connectivity index (χ2v) is 6.54. The summed E-state index contributed by atoms with van der Waals surface area (Å²) in [4.78, 5) is 16.5. The monoisotopic (exact) mass is 335 g/mol. The van der Waals surface area contributed by atoms with Crippen LogP contribution in [0, 0.1) is 6.92 Å². The maximum Gasteiger partial charge on any atom is 0.269 e. The third-order valence-electron chi connectivity index (χ3n) is 4.42. The molecule has 0 saturated carbocycles. The molecule has 25 heavy (non-hydrogen) atoms. The Balaban J connectivity index is 1.51. The molecule has 1 aromatic heterocycles. The summed E-state index contributed by atoms with van der Waals surface area (Å²) in [6, 6.07) is 11.8. The minimum Gasteiger partial charge on any atom is -0.354 e. The van der Waals surface area contributed by atoms with E-state index in [4.69, 9.17) is 0 Å². The molecule has 0 aliphatic heterocycles. The van der Waals surface area contributed by atoms with Crippen LogP contribution in [0.3, 0.4) is 0 Å². The summed E-state index contributed by atoms with van der Waals surface area (Å²) >= 11 is 0. The number of rotatable bonds is 6. The summed E-state index contributed by atoms with van der Waals surface area (Å²) in [6.07, 6.45) is 9.88. The number of aromatic nitrogens is 1. The van der Waals surface area contributed by atoms with Crippen molar-refractivity contribution in [2.24, 2.45) is 0 Å². The van der Waals surface area contributed by atoms with Crippen LogP contribution >= 0.6 is 0 Å². The van der Waals surface area contributed by atoms with Crippen LogP contribution in [0.15, 0.2) is 54.2 Å². The maximum absolute atomic E-state index is 12.2. The van der Waals surface area contributed by atoms with Crippen LogP contribution < -0.4 is 10.6 Å². The number of amides is 1. The number of benzene rings is 1. The first-order chi connectivity index (χ1) is 12.2. The highest BCUT2D eigenvalue weighted by molar-refractivity contribution is 5.92. The zero-order valence-electron chi connectivity index (χ0n) is 14.7. The minimum atomic E-state index is -0.112. The van der Waals surface area contributed by atoms with E-state index >= 15 is 0 Å². The molecular formula is C21H25N3O. The van der Waals surface area contributed by atoms with Crippen LogP contribution in [0.25, 0.3) is 0 Å². The Kier molecular flexibility index (Phi) is 5.83. The van der Waals surface area contributed by atoms with Crippen LogP contribution in [-0.4, -0.2) is 17.4 Å². The van der Waals surface area contributed by atoms with Gasteiger partial charge in [-0.15, -0.1) is 0 Å². The first-order valence-corrected chi connectivity index (χ1v) is 8.96. The SMILES string of the molecule is Cc1cccc(Nc2ccc(C(=O)NCCC3=CCCCC3)nc2)c1. The van der Waals surface area contributed by atoms with Gasteiger partial charge in [0.1, 0.15) is 5.69 Å². The van der Waals surface area contributed by atoms with Gasteiger partial charge in [-0.3, -0.25) is 4.79 Å². The topological polar surface area (TPSA) is 54.0 Å². The molecule has 1 amide bonds. The molecule has 2 aromatic rings. The van der Waals surface area contributed by atoms with Gasteiger partial charge in [0.15, 0.2) is 0 Å². The number of nitrogens with zero attached hydrogens (tertiary/aromatic N) is 1. The summed E-state index contributed by atoms with van der Waals surface area (Å²) in [5, 5.41) is 6.26. The lowest BCUT2D eigenvalue weighted by Gasteiger charge is -2.13. The van der Waals surface area contributed by atoms with Gasteiger partial charge >= 0.3 is 0 Å². The molecule has 130 valence electrons. The predicted octanol–water partition coefficient (Wildman–Crippen LogP) is 4.75. The lowest BCUT2D eigenvalue weighted by Crippen LogP contribution is -2.25. The second kappa shape index (κ2) is 8.47. The van der Waals surface area contributed by atoms with Crippen molar-refractivity contribution in [2.75, 3.05) is 11.9 Å². The number of carbonyl (C=O) groups is 1. The van der Waals surface area contributed by atoms with Gasteiger partial charge in [0.05, 0.1) is 11.9 Å². The van der Waals surface area contributed by atoms with Gasteiger partial charge in [0.25, 0.3) is 5.91 Å². The van der Waals surface area contributed by atoms with E-state index in [0.717, 1.165) is 17.8 Å². The van der Waals surface area contributed by atoms with Crippen LogP contribution in [0.5, 0.6) is 0 Å². The normalized spacial score (nSPS) is 13.9. The fraction of sp³-hybridized carbons (Fsp3) is 0.333. The van der Waals surface area contributed by atoms with E-state index in [9.17, 15) is 4.79 Å². The molecule has 4 nitrogen and oxygen atoms in total. The molecule has 1 heterocycles. The van der Waals surface area contributed by atoms with E-state index < -0.39 is 0 Å². The smallest absolute Gasteiger partial charge is 0.269 e. The zero-order chi connectivity index (χ0) is 17.5.